The number of halogens is 1. The zero-order valence-corrected chi connectivity index (χ0v) is 24.9. The first-order chi connectivity index (χ1) is 20.8. The van der Waals surface area contributed by atoms with Crippen LogP contribution in [0.3, 0.4) is 0 Å². The van der Waals surface area contributed by atoms with E-state index in [0.29, 0.717) is 35.2 Å². The molecule has 6 rings (SSSR count). The fourth-order valence-electron chi connectivity index (χ4n) is 5.75. The summed E-state index contributed by atoms with van der Waals surface area (Å²) in [4.78, 5) is 33.3. The molecule has 3 aromatic heterocycles. The molecule has 1 amide bonds. The molecule has 1 fully saturated rings. The number of pyridine rings is 2. The Hall–Kier alpha value is -4.75. The number of fused-ring (bicyclic) bond motifs is 6. The van der Waals surface area contributed by atoms with Crippen LogP contribution in [0.1, 0.15) is 47.2 Å². The first kappa shape index (κ1) is 28.4. The number of aromatic nitrogens is 4. The van der Waals surface area contributed by atoms with Crippen molar-refractivity contribution in [2.45, 2.75) is 46.0 Å². The van der Waals surface area contributed by atoms with Crippen LogP contribution in [0.15, 0.2) is 48.9 Å². The van der Waals surface area contributed by atoms with Gasteiger partial charge < -0.3 is 20.9 Å². The maximum atomic E-state index is 13.3. The Balaban J connectivity index is 1.16. The number of hydrogen-bond acceptors (Lipinski definition) is 9. The van der Waals surface area contributed by atoms with Gasteiger partial charge in [-0.3, -0.25) is 9.78 Å². The lowest BCUT2D eigenvalue weighted by Gasteiger charge is -2.33. The molecule has 0 atom stereocenters. The Kier molecular flexibility index (Phi) is 8.07. The van der Waals surface area contributed by atoms with Crippen LogP contribution in [0.25, 0.3) is 0 Å². The second-order valence-electron chi connectivity index (χ2n) is 11.2. The summed E-state index contributed by atoms with van der Waals surface area (Å²) in [7, 11) is 0. The van der Waals surface area contributed by atoms with E-state index in [1.54, 1.807) is 12.4 Å². The molecule has 0 radical (unpaired) electrons. The Morgan fingerprint density at radius 3 is 2.72 bits per heavy atom. The second-order valence-corrected chi connectivity index (χ2v) is 11.6. The van der Waals surface area contributed by atoms with Crippen LogP contribution in [0.5, 0.6) is 0 Å². The fraction of sp³-hybridized carbons (Fsp3) is 0.312. The van der Waals surface area contributed by atoms with E-state index in [1.807, 2.05) is 50.4 Å². The molecule has 218 valence electrons. The van der Waals surface area contributed by atoms with Gasteiger partial charge in [-0.2, -0.15) is 10.2 Å². The molecule has 5 heterocycles. The number of carbonyl (C=O) groups excluding carboxylic acids is 1. The number of benzene rings is 1. The highest BCUT2D eigenvalue weighted by molar-refractivity contribution is 6.32. The molecule has 43 heavy (non-hydrogen) atoms. The van der Waals surface area contributed by atoms with Gasteiger partial charge in [0.1, 0.15) is 16.9 Å². The first-order valence-corrected chi connectivity index (χ1v) is 14.8. The first-order valence-electron chi connectivity index (χ1n) is 14.4. The van der Waals surface area contributed by atoms with Crippen LogP contribution < -0.4 is 20.9 Å². The summed E-state index contributed by atoms with van der Waals surface area (Å²) in [6.07, 6.45) is 8.74. The summed E-state index contributed by atoms with van der Waals surface area (Å²) in [6.45, 7) is 5.44. The molecule has 0 saturated carbocycles. The summed E-state index contributed by atoms with van der Waals surface area (Å²) in [5.41, 5.74) is 6.93. The van der Waals surface area contributed by atoms with Gasteiger partial charge >= 0.3 is 0 Å². The van der Waals surface area contributed by atoms with Crippen LogP contribution in [0, 0.1) is 31.1 Å². The molecule has 1 aromatic carbocycles. The van der Waals surface area contributed by atoms with Crippen molar-refractivity contribution in [3.05, 3.63) is 81.9 Å². The zero-order chi connectivity index (χ0) is 29.9. The minimum atomic E-state index is -0.00286. The van der Waals surface area contributed by atoms with Crippen LogP contribution >= 0.6 is 11.6 Å². The highest BCUT2D eigenvalue weighted by Crippen LogP contribution is 2.31. The summed E-state index contributed by atoms with van der Waals surface area (Å²) in [5.74, 6) is 1.91. The summed E-state index contributed by atoms with van der Waals surface area (Å²) < 4.78 is 0. The largest absolute Gasteiger partial charge is 0.355 e. The fourth-order valence-corrected chi connectivity index (χ4v) is 5.89. The highest BCUT2D eigenvalue weighted by Gasteiger charge is 2.25. The van der Waals surface area contributed by atoms with Gasteiger partial charge in [0.2, 0.25) is 11.9 Å². The molecule has 6 bridgehead atoms. The smallest absolute Gasteiger partial charge is 0.229 e. The zero-order valence-electron chi connectivity index (χ0n) is 24.1. The van der Waals surface area contributed by atoms with Gasteiger partial charge in [0.15, 0.2) is 5.82 Å². The molecule has 0 spiro atoms. The molecule has 0 aliphatic carbocycles. The van der Waals surface area contributed by atoms with Crippen LogP contribution in [0.2, 0.25) is 5.02 Å². The van der Waals surface area contributed by atoms with Crippen molar-refractivity contribution < 1.29 is 4.79 Å². The topological polar surface area (TPSA) is 132 Å². The van der Waals surface area contributed by atoms with Gasteiger partial charge in [-0.05, 0) is 92.5 Å². The Morgan fingerprint density at radius 1 is 1.07 bits per heavy atom. The molecule has 2 aliphatic rings. The molecule has 1 saturated heterocycles. The van der Waals surface area contributed by atoms with Gasteiger partial charge in [-0.25, -0.2) is 9.97 Å². The Labute approximate surface area is 255 Å². The van der Waals surface area contributed by atoms with Crippen LogP contribution in [0.4, 0.5) is 34.6 Å². The average Bonchev–Trinajstić information content (AvgIpc) is 2.99. The van der Waals surface area contributed by atoms with Crippen molar-refractivity contribution in [2.24, 2.45) is 5.92 Å². The number of nitrogens with zero attached hydrogens (tertiary/aromatic N) is 6. The molecule has 2 aliphatic heterocycles. The number of amides is 1. The minimum absolute atomic E-state index is 0.00286. The third-order valence-electron chi connectivity index (χ3n) is 7.95. The average molecular weight is 594 g/mol. The third kappa shape index (κ3) is 6.52. The van der Waals surface area contributed by atoms with Gasteiger partial charge in [0.05, 0.1) is 23.6 Å². The number of nitrogens with one attached hydrogen (secondary N) is 3. The van der Waals surface area contributed by atoms with E-state index in [-0.39, 0.29) is 11.8 Å². The Bertz CT molecular complexity index is 1730. The number of nitriles is 1. The van der Waals surface area contributed by atoms with Gasteiger partial charge in [0.25, 0.3) is 0 Å². The van der Waals surface area contributed by atoms with E-state index in [9.17, 15) is 10.1 Å². The number of anilines is 6. The lowest BCUT2D eigenvalue weighted by atomic mass is 9.92. The molecule has 0 unspecified atom stereocenters. The van der Waals surface area contributed by atoms with E-state index in [2.05, 4.69) is 46.9 Å². The second kappa shape index (κ2) is 12.2. The number of piperidine rings is 1. The van der Waals surface area contributed by atoms with E-state index >= 15 is 0 Å². The van der Waals surface area contributed by atoms with Crippen LogP contribution in [-0.2, 0) is 17.6 Å². The molecule has 3 N–H and O–H groups in total. The van der Waals surface area contributed by atoms with Gasteiger partial charge in [-0.15, -0.1) is 0 Å². The van der Waals surface area contributed by atoms with Crippen molar-refractivity contribution >= 4 is 52.2 Å². The number of rotatable bonds is 4. The predicted octanol–water partition coefficient (Wildman–Crippen LogP) is 6.24. The maximum Gasteiger partial charge on any atom is 0.229 e. The summed E-state index contributed by atoms with van der Waals surface area (Å²) in [6, 6.07) is 12.2. The molecule has 4 aromatic rings. The van der Waals surface area contributed by atoms with Crippen molar-refractivity contribution in [1.82, 2.24) is 19.9 Å². The predicted molar refractivity (Wildman–Crippen MR) is 168 cm³/mol. The van der Waals surface area contributed by atoms with Gasteiger partial charge in [0, 0.05) is 42.8 Å². The van der Waals surface area contributed by atoms with Crippen LogP contribution in [-0.4, -0.2) is 38.9 Å². The van der Waals surface area contributed by atoms with E-state index in [1.165, 1.54) is 0 Å². The summed E-state index contributed by atoms with van der Waals surface area (Å²) >= 11 is 6.39. The number of hydrogen-bond donors (Lipinski definition) is 3. The molecular weight excluding hydrogens is 562 g/mol. The monoisotopic (exact) mass is 593 g/mol. The summed E-state index contributed by atoms with van der Waals surface area (Å²) in [5, 5.41) is 19.8. The van der Waals surface area contributed by atoms with Crippen molar-refractivity contribution in [3.63, 3.8) is 0 Å². The number of aryl methyl sites for hydroxylation is 4. The van der Waals surface area contributed by atoms with Crippen molar-refractivity contribution in [1.29, 1.82) is 5.26 Å². The number of carbonyl (C=O) groups is 1. The van der Waals surface area contributed by atoms with E-state index in [0.717, 1.165) is 77.6 Å². The molecule has 10 nitrogen and oxygen atoms in total. The third-order valence-corrected chi connectivity index (χ3v) is 8.22. The standard InChI is InChI=1S/C32H32ClN9O/c1-19-11-20(2)37-31(26(19)15-34)42-9-7-21(8-10-42)13-29(43)40-28-6-5-24-14-23(28)4-3-22-12-25(17-35-16-22)39-32-36-18-27(33)30(38-24)41-32/h5-6,11-12,14,16-18,21H,3-4,7-10,13H2,1-2H3,(H,40,43)(H2,36,38,39,41). The van der Waals surface area contributed by atoms with E-state index < -0.39 is 0 Å². The lowest BCUT2D eigenvalue weighted by molar-refractivity contribution is -0.117. The normalized spacial score (nSPS) is 14.7. The van der Waals surface area contributed by atoms with E-state index in [4.69, 9.17) is 11.6 Å². The molecule has 11 heteroatoms. The minimum Gasteiger partial charge on any atom is -0.355 e. The quantitative estimate of drug-likeness (QED) is 0.251. The van der Waals surface area contributed by atoms with Gasteiger partial charge in [-0.1, -0.05) is 11.6 Å². The SMILES string of the molecule is Cc1cc(C)c(C#N)c(N2CCC(CC(=O)Nc3ccc4cc3CCc3cncc(c3)Nc3ncc(Cl)c(n3)N4)CC2)n1. The van der Waals surface area contributed by atoms with Crippen molar-refractivity contribution in [2.75, 3.05) is 33.9 Å². The lowest BCUT2D eigenvalue weighted by Crippen LogP contribution is -2.36. The highest BCUT2D eigenvalue weighted by atomic mass is 35.5. The maximum absolute atomic E-state index is 13.3. The Morgan fingerprint density at radius 2 is 1.91 bits per heavy atom. The molecular formula is C32H32ClN9O. The van der Waals surface area contributed by atoms with Crippen molar-refractivity contribution in [3.8, 4) is 6.07 Å².